The second-order valence-corrected chi connectivity index (χ2v) is 8.52. The van der Waals surface area contributed by atoms with Gasteiger partial charge in [-0.3, -0.25) is 4.99 Å². The number of hydrogen-bond acceptors (Lipinski definition) is 4. The van der Waals surface area contributed by atoms with E-state index in [1.54, 1.807) is 18.2 Å². The van der Waals surface area contributed by atoms with Crippen molar-refractivity contribution in [1.82, 2.24) is 14.9 Å². The van der Waals surface area contributed by atoms with Crippen molar-refractivity contribution in [3.8, 4) is 5.75 Å². The summed E-state index contributed by atoms with van der Waals surface area (Å²) in [5, 5.41) is 5.94. The zero-order valence-electron chi connectivity index (χ0n) is 17.1. The highest BCUT2D eigenvalue weighted by Gasteiger charge is 2.31. The molecule has 2 N–H and O–H groups in total. The molecular formula is C19H24F3IN4O3S. The Morgan fingerprint density at radius 2 is 1.61 bits per heavy atom. The number of alkyl halides is 3. The van der Waals surface area contributed by atoms with E-state index in [1.807, 2.05) is 0 Å². The maximum absolute atomic E-state index is 12.5. The number of sulfonamides is 1. The van der Waals surface area contributed by atoms with Gasteiger partial charge in [-0.1, -0.05) is 30.3 Å². The molecule has 0 fully saturated rings. The molecule has 2 aromatic rings. The molecule has 0 atom stereocenters. The minimum absolute atomic E-state index is 0. The first kappa shape index (κ1) is 27.0. The number of halogens is 4. The molecule has 0 bridgehead atoms. The van der Waals surface area contributed by atoms with Gasteiger partial charge in [0.05, 0.1) is 4.90 Å². The molecule has 0 aromatic heterocycles. The van der Waals surface area contributed by atoms with E-state index in [-0.39, 0.29) is 41.2 Å². The summed E-state index contributed by atoms with van der Waals surface area (Å²) in [6.07, 6.45) is -4.78. The molecule has 172 valence electrons. The normalized spacial score (nSPS) is 12.3. The third-order valence-electron chi connectivity index (χ3n) is 4.03. The van der Waals surface area contributed by atoms with Crippen LogP contribution in [0.15, 0.2) is 58.4 Å². The molecule has 0 amide bonds. The van der Waals surface area contributed by atoms with E-state index in [4.69, 9.17) is 0 Å². The molecule has 0 aliphatic heterocycles. The number of nitrogens with zero attached hydrogens (tertiary/aromatic N) is 2. The van der Waals surface area contributed by atoms with E-state index in [1.165, 1.54) is 51.5 Å². The van der Waals surface area contributed by atoms with Crippen LogP contribution >= 0.6 is 24.0 Å². The Bertz CT molecular complexity index is 982. The molecule has 0 aliphatic rings. The molecule has 2 aromatic carbocycles. The minimum atomic E-state index is -4.78. The lowest BCUT2D eigenvalue weighted by atomic mass is 10.2. The van der Waals surface area contributed by atoms with Gasteiger partial charge in [-0.05, 0) is 23.8 Å². The lowest BCUT2D eigenvalue weighted by molar-refractivity contribution is -0.274. The number of benzene rings is 2. The molecule has 0 aliphatic carbocycles. The van der Waals surface area contributed by atoms with Crippen LogP contribution in [-0.4, -0.2) is 46.2 Å². The predicted molar refractivity (Wildman–Crippen MR) is 123 cm³/mol. The summed E-state index contributed by atoms with van der Waals surface area (Å²) < 4.78 is 66.9. The molecule has 7 nitrogen and oxygen atoms in total. The van der Waals surface area contributed by atoms with Crippen LogP contribution in [0.2, 0.25) is 0 Å². The number of aliphatic imine (C=N–C) groups is 1. The Labute approximate surface area is 196 Å². The van der Waals surface area contributed by atoms with E-state index in [0.717, 1.165) is 9.87 Å². The zero-order valence-corrected chi connectivity index (χ0v) is 20.2. The third kappa shape index (κ3) is 8.18. The lowest BCUT2D eigenvalue weighted by Crippen LogP contribution is -2.36. The smallest absolute Gasteiger partial charge is 0.405 e. The maximum Gasteiger partial charge on any atom is 0.573 e. The van der Waals surface area contributed by atoms with Gasteiger partial charge in [0.1, 0.15) is 5.75 Å². The molecule has 12 heteroatoms. The first-order valence-electron chi connectivity index (χ1n) is 8.82. The molecule has 0 unspecified atom stereocenters. The molecule has 0 heterocycles. The lowest BCUT2D eigenvalue weighted by Gasteiger charge is -2.16. The van der Waals surface area contributed by atoms with Crippen LogP contribution in [0, 0.1) is 0 Å². The number of rotatable bonds is 7. The average molecular weight is 572 g/mol. The van der Waals surface area contributed by atoms with E-state index < -0.39 is 16.4 Å². The molecule has 0 saturated carbocycles. The van der Waals surface area contributed by atoms with Gasteiger partial charge in [-0.2, -0.15) is 0 Å². The summed E-state index contributed by atoms with van der Waals surface area (Å²) in [6, 6.07) is 12.2. The average Bonchev–Trinajstić information content (AvgIpc) is 2.68. The van der Waals surface area contributed by atoms with Crippen molar-refractivity contribution in [2.45, 2.75) is 24.3 Å². The van der Waals surface area contributed by atoms with Crippen LogP contribution in [-0.2, 0) is 23.1 Å². The van der Waals surface area contributed by atoms with Crippen molar-refractivity contribution < 1.29 is 26.3 Å². The van der Waals surface area contributed by atoms with Gasteiger partial charge in [0.25, 0.3) is 0 Å². The van der Waals surface area contributed by atoms with Crippen molar-refractivity contribution in [2.75, 3.05) is 21.1 Å². The summed E-state index contributed by atoms with van der Waals surface area (Å²) in [7, 11) is 0.940. The highest BCUT2D eigenvalue weighted by Crippen LogP contribution is 2.26. The van der Waals surface area contributed by atoms with Crippen LogP contribution in [0.1, 0.15) is 11.1 Å². The van der Waals surface area contributed by atoms with Gasteiger partial charge in [0.2, 0.25) is 10.0 Å². The maximum atomic E-state index is 12.5. The van der Waals surface area contributed by atoms with E-state index in [2.05, 4.69) is 20.4 Å². The fourth-order valence-electron chi connectivity index (χ4n) is 2.45. The van der Waals surface area contributed by atoms with Gasteiger partial charge in [-0.25, -0.2) is 12.7 Å². The molecule has 31 heavy (non-hydrogen) atoms. The summed E-state index contributed by atoms with van der Waals surface area (Å²) in [5.74, 6) is 0.0763. The van der Waals surface area contributed by atoms with Gasteiger partial charge < -0.3 is 15.4 Å². The number of para-hydroxylation sites is 1. The van der Waals surface area contributed by atoms with Gasteiger partial charge in [-0.15, -0.1) is 37.1 Å². The molecule has 0 saturated heterocycles. The third-order valence-corrected chi connectivity index (χ3v) is 5.86. The van der Waals surface area contributed by atoms with Gasteiger partial charge >= 0.3 is 6.36 Å². The minimum Gasteiger partial charge on any atom is -0.405 e. The first-order valence-corrected chi connectivity index (χ1v) is 10.3. The van der Waals surface area contributed by atoms with Crippen LogP contribution < -0.4 is 15.4 Å². The standard InChI is InChI=1S/C19H23F3N4O3S.HI/c1-23-18(25-13-15-6-4-5-7-17(15)29-19(20,21)22)24-12-14-8-10-16(11-9-14)30(27,28)26(2)3;/h4-11H,12-13H2,1-3H3,(H2,23,24,25);1H. The Morgan fingerprint density at radius 1 is 1.03 bits per heavy atom. The van der Waals surface area contributed by atoms with Crippen molar-refractivity contribution in [3.05, 3.63) is 59.7 Å². The summed E-state index contributed by atoms with van der Waals surface area (Å²) in [5.41, 5.74) is 1.12. The highest BCUT2D eigenvalue weighted by molar-refractivity contribution is 14.0. The monoisotopic (exact) mass is 572 g/mol. The number of ether oxygens (including phenoxy) is 1. The van der Waals surface area contributed by atoms with Crippen LogP contribution in [0.4, 0.5) is 13.2 Å². The summed E-state index contributed by atoms with van der Waals surface area (Å²) in [6.45, 7) is 0.397. The molecule has 2 rings (SSSR count). The Kier molecular flexibility index (Phi) is 10.0. The Hall–Kier alpha value is -2.06. The predicted octanol–water partition coefficient (Wildman–Crippen LogP) is 3.32. The molecular weight excluding hydrogens is 548 g/mol. The van der Waals surface area contributed by atoms with Crippen molar-refractivity contribution >= 4 is 40.0 Å². The van der Waals surface area contributed by atoms with Gasteiger partial charge in [0, 0.05) is 39.8 Å². The fraction of sp³-hybridized carbons (Fsp3) is 0.316. The van der Waals surface area contributed by atoms with Crippen molar-refractivity contribution in [1.29, 1.82) is 0 Å². The van der Waals surface area contributed by atoms with Crippen LogP contribution in [0.3, 0.4) is 0 Å². The van der Waals surface area contributed by atoms with E-state index in [0.29, 0.717) is 18.1 Å². The Balaban J connectivity index is 0.00000480. The van der Waals surface area contributed by atoms with Crippen LogP contribution in [0.25, 0.3) is 0 Å². The number of nitrogens with one attached hydrogen (secondary N) is 2. The quantitative estimate of drug-likeness (QED) is 0.303. The van der Waals surface area contributed by atoms with Crippen LogP contribution in [0.5, 0.6) is 5.75 Å². The fourth-order valence-corrected chi connectivity index (χ4v) is 3.35. The summed E-state index contributed by atoms with van der Waals surface area (Å²) in [4.78, 5) is 4.21. The van der Waals surface area contributed by atoms with E-state index >= 15 is 0 Å². The van der Waals surface area contributed by atoms with Crippen molar-refractivity contribution in [3.63, 3.8) is 0 Å². The molecule has 0 radical (unpaired) electrons. The van der Waals surface area contributed by atoms with E-state index in [9.17, 15) is 21.6 Å². The zero-order chi connectivity index (χ0) is 22.4. The topological polar surface area (TPSA) is 83.0 Å². The number of guanidine groups is 1. The van der Waals surface area contributed by atoms with Gasteiger partial charge in [0.15, 0.2) is 5.96 Å². The summed E-state index contributed by atoms with van der Waals surface area (Å²) >= 11 is 0. The van der Waals surface area contributed by atoms with Crippen molar-refractivity contribution in [2.24, 2.45) is 4.99 Å². The second-order valence-electron chi connectivity index (χ2n) is 6.37. The Morgan fingerprint density at radius 3 is 2.16 bits per heavy atom. The highest BCUT2D eigenvalue weighted by atomic mass is 127. The first-order chi connectivity index (χ1) is 14.0. The second kappa shape index (κ2) is 11.5. The largest absolute Gasteiger partial charge is 0.573 e. The SMILES string of the molecule is CN=C(NCc1ccc(S(=O)(=O)N(C)C)cc1)NCc1ccccc1OC(F)(F)F.I. The number of hydrogen-bond donors (Lipinski definition) is 2. The molecule has 0 spiro atoms.